The zero-order chi connectivity index (χ0) is 14.9. The molecular weight excluding hydrogens is 290 g/mol. The second kappa shape index (κ2) is 5.65. The van der Waals surface area contributed by atoms with E-state index in [9.17, 15) is 13.2 Å². The van der Waals surface area contributed by atoms with Crippen LogP contribution in [0.3, 0.4) is 0 Å². The largest absolute Gasteiger partial charge is 0.322 e. The molecule has 1 aromatic rings. The van der Waals surface area contributed by atoms with Crippen molar-refractivity contribution in [1.82, 2.24) is 9.21 Å². The Morgan fingerprint density at radius 1 is 1.05 bits per heavy atom. The summed E-state index contributed by atoms with van der Waals surface area (Å²) >= 11 is 0. The molecule has 1 aromatic carbocycles. The first-order valence-corrected chi connectivity index (χ1v) is 8.67. The summed E-state index contributed by atoms with van der Waals surface area (Å²) < 4.78 is 25.8. The number of carbonyl (C=O) groups excluding carboxylic acids is 1. The molecule has 6 nitrogen and oxygen atoms in total. The number of sulfonamides is 1. The van der Waals surface area contributed by atoms with Gasteiger partial charge in [-0.05, 0) is 25.0 Å². The summed E-state index contributed by atoms with van der Waals surface area (Å²) in [7, 11) is -3.12. The van der Waals surface area contributed by atoms with Crippen LogP contribution in [0.4, 0.5) is 10.5 Å². The lowest BCUT2D eigenvalue weighted by molar-refractivity contribution is 0.184. The van der Waals surface area contributed by atoms with Crippen molar-refractivity contribution in [1.29, 1.82) is 0 Å². The van der Waals surface area contributed by atoms with Crippen LogP contribution in [0.1, 0.15) is 12.8 Å². The van der Waals surface area contributed by atoms with Gasteiger partial charge < -0.3 is 10.2 Å². The number of amides is 2. The highest BCUT2D eigenvalue weighted by Crippen LogP contribution is 2.31. The number of urea groups is 1. The Morgan fingerprint density at radius 3 is 2.24 bits per heavy atom. The standard InChI is InChI=1S/C14H19N3O3S/c18-14(15-12-4-2-1-3-5-12)16-8-10-17(11-9-16)21(19,20)13-6-7-13/h1-5,13H,6-11H2,(H,15,18). The maximum absolute atomic E-state index is 12.1. The number of hydrogen-bond donors (Lipinski definition) is 1. The van der Waals surface area contributed by atoms with Crippen LogP contribution < -0.4 is 5.32 Å². The van der Waals surface area contributed by atoms with Crippen molar-refractivity contribution in [3.05, 3.63) is 30.3 Å². The molecule has 2 aliphatic rings. The van der Waals surface area contributed by atoms with Crippen LogP contribution >= 0.6 is 0 Å². The summed E-state index contributed by atoms with van der Waals surface area (Å²) in [6, 6.07) is 9.07. The number of hydrogen-bond acceptors (Lipinski definition) is 3. The van der Waals surface area contributed by atoms with E-state index in [1.165, 1.54) is 4.31 Å². The molecule has 2 amide bonds. The first-order chi connectivity index (χ1) is 10.1. The molecule has 3 rings (SSSR count). The fourth-order valence-electron chi connectivity index (χ4n) is 2.45. The molecule has 1 aliphatic carbocycles. The summed E-state index contributed by atoms with van der Waals surface area (Å²) in [6.07, 6.45) is 1.55. The van der Waals surface area contributed by atoms with Crippen molar-refractivity contribution in [2.24, 2.45) is 0 Å². The molecule has 7 heteroatoms. The first kappa shape index (κ1) is 14.3. The monoisotopic (exact) mass is 309 g/mol. The molecule has 1 saturated heterocycles. The Hall–Kier alpha value is -1.60. The number of piperazine rings is 1. The van der Waals surface area contributed by atoms with Gasteiger partial charge in [0.05, 0.1) is 5.25 Å². The van der Waals surface area contributed by atoms with Crippen molar-refractivity contribution in [2.45, 2.75) is 18.1 Å². The molecule has 0 unspecified atom stereocenters. The van der Waals surface area contributed by atoms with E-state index in [0.717, 1.165) is 18.5 Å². The highest BCUT2D eigenvalue weighted by atomic mass is 32.2. The molecule has 0 spiro atoms. The van der Waals surface area contributed by atoms with E-state index in [1.807, 2.05) is 30.3 Å². The van der Waals surface area contributed by atoms with Gasteiger partial charge >= 0.3 is 6.03 Å². The molecular formula is C14H19N3O3S. The maximum Gasteiger partial charge on any atom is 0.321 e. The number of nitrogens with one attached hydrogen (secondary N) is 1. The van der Waals surface area contributed by atoms with E-state index in [4.69, 9.17) is 0 Å². The maximum atomic E-state index is 12.1. The van der Waals surface area contributed by atoms with E-state index >= 15 is 0 Å². The Morgan fingerprint density at radius 2 is 1.67 bits per heavy atom. The predicted octanol–water partition coefficient (Wildman–Crippen LogP) is 1.33. The van der Waals surface area contributed by atoms with Gasteiger partial charge in [-0.25, -0.2) is 13.2 Å². The van der Waals surface area contributed by atoms with Crippen LogP contribution in [0.15, 0.2) is 30.3 Å². The summed E-state index contributed by atoms with van der Waals surface area (Å²) in [5.41, 5.74) is 0.746. The third-order valence-corrected chi connectivity index (χ3v) is 6.26. The minimum Gasteiger partial charge on any atom is -0.322 e. The van der Waals surface area contributed by atoms with E-state index in [-0.39, 0.29) is 11.3 Å². The van der Waals surface area contributed by atoms with E-state index in [1.54, 1.807) is 4.90 Å². The third-order valence-electron chi connectivity index (χ3n) is 3.86. The Balaban J connectivity index is 1.54. The van der Waals surface area contributed by atoms with Gasteiger partial charge in [-0.2, -0.15) is 4.31 Å². The average Bonchev–Trinajstić information content (AvgIpc) is 3.33. The Bertz CT molecular complexity index is 606. The Labute approximate surface area is 124 Å². The molecule has 21 heavy (non-hydrogen) atoms. The van der Waals surface area contributed by atoms with Gasteiger partial charge in [0.1, 0.15) is 0 Å². The van der Waals surface area contributed by atoms with Gasteiger partial charge in [0, 0.05) is 31.9 Å². The van der Waals surface area contributed by atoms with Crippen LogP contribution in [0.25, 0.3) is 0 Å². The van der Waals surface area contributed by atoms with Crippen LogP contribution in [0, 0.1) is 0 Å². The lowest BCUT2D eigenvalue weighted by Crippen LogP contribution is -2.52. The minimum absolute atomic E-state index is 0.176. The summed E-state index contributed by atoms with van der Waals surface area (Å²) in [4.78, 5) is 13.8. The number of rotatable bonds is 3. The van der Waals surface area contributed by atoms with E-state index in [2.05, 4.69) is 5.32 Å². The van der Waals surface area contributed by atoms with Crippen LogP contribution in [0.2, 0.25) is 0 Å². The molecule has 1 N–H and O–H groups in total. The van der Waals surface area contributed by atoms with Crippen molar-refractivity contribution in [3.63, 3.8) is 0 Å². The smallest absolute Gasteiger partial charge is 0.321 e. The number of carbonyl (C=O) groups is 1. The zero-order valence-electron chi connectivity index (χ0n) is 11.7. The zero-order valence-corrected chi connectivity index (χ0v) is 12.6. The van der Waals surface area contributed by atoms with E-state index < -0.39 is 10.0 Å². The van der Waals surface area contributed by atoms with Gasteiger partial charge in [0.15, 0.2) is 0 Å². The second-order valence-electron chi connectivity index (χ2n) is 5.43. The van der Waals surface area contributed by atoms with Crippen molar-refractivity contribution in [2.75, 3.05) is 31.5 Å². The molecule has 0 radical (unpaired) electrons. The normalized spacial score (nSPS) is 20.3. The van der Waals surface area contributed by atoms with Gasteiger partial charge in [-0.1, -0.05) is 18.2 Å². The summed E-state index contributed by atoms with van der Waals surface area (Å²) in [5.74, 6) is 0. The molecule has 1 aliphatic heterocycles. The minimum atomic E-state index is -3.12. The molecule has 0 bridgehead atoms. The Kier molecular flexibility index (Phi) is 3.86. The van der Waals surface area contributed by atoms with E-state index in [0.29, 0.717) is 26.2 Å². The van der Waals surface area contributed by atoms with Crippen molar-refractivity contribution in [3.8, 4) is 0 Å². The second-order valence-corrected chi connectivity index (χ2v) is 7.64. The molecule has 1 heterocycles. The molecule has 1 saturated carbocycles. The highest BCUT2D eigenvalue weighted by Gasteiger charge is 2.41. The topological polar surface area (TPSA) is 69.7 Å². The average molecular weight is 309 g/mol. The van der Waals surface area contributed by atoms with Crippen LogP contribution in [-0.4, -0.2) is 55.1 Å². The lowest BCUT2D eigenvalue weighted by atomic mass is 10.3. The molecule has 2 fully saturated rings. The first-order valence-electron chi connectivity index (χ1n) is 7.17. The number of anilines is 1. The molecule has 0 atom stereocenters. The number of nitrogens with zero attached hydrogens (tertiary/aromatic N) is 2. The predicted molar refractivity (Wildman–Crippen MR) is 80.5 cm³/mol. The molecule has 114 valence electrons. The SMILES string of the molecule is O=C(Nc1ccccc1)N1CCN(S(=O)(=O)C2CC2)CC1. The van der Waals surface area contributed by atoms with Gasteiger partial charge in [0.25, 0.3) is 0 Å². The van der Waals surface area contributed by atoms with Gasteiger partial charge in [-0.15, -0.1) is 0 Å². The van der Waals surface area contributed by atoms with Gasteiger partial charge in [-0.3, -0.25) is 0 Å². The summed E-state index contributed by atoms with van der Waals surface area (Å²) in [5, 5.41) is 2.64. The summed E-state index contributed by atoms with van der Waals surface area (Å²) in [6.45, 7) is 1.65. The molecule has 0 aromatic heterocycles. The van der Waals surface area contributed by atoms with Crippen molar-refractivity contribution < 1.29 is 13.2 Å². The number of benzene rings is 1. The van der Waals surface area contributed by atoms with Crippen LogP contribution in [0.5, 0.6) is 0 Å². The third kappa shape index (κ3) is 3.19. The lowest BCUT2D eigenvalue weighted by Gasteiger charge is -2.34. The fraction of sp³-hybridized carbons (Fsp3) is 0.500. The fourth-order valence-corrected chi connectivity index (χ4v) is 4.27. The van der Waals surface area contributed by atoms with Gasteiger partial charge in [0.2, 0.25) is 10.0 Å². The quantitative estimate of drug-likeness (QED) is 0.915. The highest BCUT2D eigenvalue weighted by molar-refractivity contribution is 7.90. The van der Waals surface area contributed by atoms with Crippen molar-refractivity contribution >= 4 is 21.7 Å². The number of para-hydroxylation sites is 1. The van der Waals surface area contributed by atoms with Crippen LogP contribution in [-0.2, 0) is 10.0 Å².